The molecule has 0 saturated heterocycles. The second-order valence-electron chi connectivity index (χ2n) is 5.53. The average molecular weight is 305 g/mol. The first kappa shape index (κ1) is 14.5. The molecule has 1 amide bonds. The van der Waals surface area contributed by atoms with Crippen LogP contribution in [0.25, 0.3) is 11.5 Å². The number of hydrogen-bond donors (Lipinski definition) is 1. The van der Waals surface area contributed by atoms with Gasteiger partial charge >= 0.3 is 5.76 Å². The molecule has 1 unspecified atom stereocenters. The molecule has 0 bridgehead atoms. The van der Waals surface area contributed by atoms with Crippen LogP contribution >= 0.6 is 0 Å². The number of amides is 1. The summed E-state index contributed by atoms with van der Waals surface area (Å²) in [5, 5.41) is 6.82. The molecule has 3 rings (SSSR count). The van der Waals surface area contributed by atoms with Crippen molar-refractivity contribution in [1.82, 2.24) is 15.1 Å². The lowest BCUT2D eigenvalue weighted by Gasteiger charge is -2.11. The van der Waals surface area contributed by atoms with Crippen LogP contribution in [-0.4, -0.2) is 21.7 Å². The number of benzene rings is 1. The lowest BCUT2D eigenvalue weighted by Crippen LogP contribution is -2.38. The van der Waals surface area contributed by atoms with Crippen molar-refractivity contribution in [2.24, 2.45) is 5.92 Å². The summed E-state index contributed by atoms with van der Waals surface area (Å²) >= 11 is 0. The van der Waals surface area contributed by atoms with Crippen LogP contribution in [0.5, 0.6) is 0 Å². The highest BCUT2D eigenvalue weighted by atomic mass is 19.1. The molecule has 116 valence electrons. The summed E-state index contributed by atoms with van der Waals surface area (Å²) in [6.07, 6.45) is 2.25. The van der Waals surface area contributed by atoms with Crippen molar-refractivity contribution < 1.29 is 13.6 Å². The van der Waals surface area contributed by atoms with E-state index in [1.165, 1.54) is 24.3 Å². The zero-order valence-corrected chi connectivity index (χ0v) is 12.1. The minimum Gasteiger partial charge on any atom is -0.388 e. The predicted molar refractivity (Wildman–Crippen MR) is 76.5 cm³/mol. The zero-order chi connectivity index (χ0) is 15.7. The third kappa shape index (κ3) is 3.24. The van der Waals surface area contributed by atoms with E-state index in [9.17, 15) is 14.0 Å². The fourth-order valence-corrected chi connectivity index (χ4v) is 2.26. The minimum atomic E-state index is -0.714. The van der Waals surface area contributed by atoms with Gasteiger partial charge in [-0.25, -0.2) is 9.18 Å². The monoisotopic (exact) mass is 305 g/mol. The van der Waals surface area contributed by atoms with Gasteiger partial charge in [0.25, 0.3) is 0 Å². The Balaban J connectivity index is 1.70. The lowest BCUT2D eigenvalue weighted by atomic mass is 10.2. The van der Waals surface area contributed by atoms with Crippen LogP contribution in [0.15, 0.2) is 33.5 Å². The molecule has 1 aliphatic carbocycles. The average Bonchev–Trinajstić information content (AvgIpc) is 3.26. The van der Waals surface area contributed by atoms with E-state index in [2.05, 4.69) is 10.4 Å². The highest BCUT2D eigenvalue weighted by molar-refractivity contribution is 5.76. The summed E-state index contributed by atoms with van der Waals surface area (Å²) in [6.45, 7) is 1.76. The number of aromatic nitrogens is 2. The number of rotatable bonds is 5. The Labute approximate surface area is 125 Å². The maximum atomic E-state index is 12.9. The minimum absolute atomic E-state index is 0.0630. The molecule has 1 aromatic heterocycles. The maximum absolute atomic E-state index is 12.9. The Morgan fingerprint density at radius 2 is 2.14 bits per heavy atom. The van der Waals surface area contributed by atoms with Gasteiger partial charge in [-0.2, -0.15) is 4.68 Å². The fourth-order valence-electron chi connectivity index (χ4n) is 2.26. The van der Waals surface area contributed by atoms with Gasteiger partial charge in [0.2, 0.25) is 11.8 Å². The molecule has 1 aromatic carbocycles. The highest BCUT2D eigenvalue weighted by Crippen LogP contribution is 2.32. The molecular formula is C15H16FN3O3. The topological polar surface area (TPSA) is 77.1 Å². The molecule has 22 heavy (non-hydrogen) atoms. The van der Waals surface area contributed by atoms with Crippen molar-refractivity contribution >= 4 is 5.91 Å². The quantitative estimate of drug-likeness (QED) is 0.909. The molecule has 1 saturated carbocycles. The summed E-state index contributed by atoms with van der Waals surface area (Å²) in [5.74, 6) is -0.784. The molecule has 2 aromatic rings. The normalized spacial score (nSPS) is 15.5. The summed E-state index contributed by atoms with van der Waals surface area (Å²) in [4.78, 5) is 23.6. The van der Waals surface area contributed by atoms with E-state index in [0.717, 1.165) is 17.5 Å². The van der Waals surface area contributed by atoms with Gasteiger partial charge in [0.05, 0.1) is 0 Å². The van der Waals surface area contributed by atoms with E-state index in [1.54, 1.807) is 0 Å². The molecule has 0 radical (unpaired) electrons. The SMILES string of the molecule is CC(NC(=O)Cn1nc(-c2ccc(F)cc2)oc1=O)C1CC1. The highest BCUT2D eigenvalue weighted by Gasteiger charge is 2.29. The summed E-state index contributed by atoms with van der Waals surface area (Å²) in [5.41, 5.74) is 0.476. The van der Waals surface area contributed by atoms with Crippen LogP contribution < -0.4 is 11.1 Å². The molecule has 1 N–H and O–H groups in total. The molecule has 0 spiro atoms. The van der Waals surface area contributed by atoms with Crippen molar-refractivity contribution in [3.8, 4) is 11.5 Å². The Morgan fingerprint density at radius 3 is 2.77 bits per heavy atom. The second-order valence-corrected chi connectivity index (χ2v) is 5.53. The molecule has 6 nitrogen and oxygen atoms in total. The Bertz CT molecular complexity index is 731. The third-order valence-corrected chi connectivity index (χ3v) is 3.71. The van der Waals surface area contributed by atoms with Gasteiger partial charge in [-0.1, -0.05) is 0 Å². The fraction of sp³-hybridized carbons (Fsp3) is 0.400. The number of carbonyl (C=O) groups is 1. The molecular weight excluding hydrogens is 289 g/mol. The molecule has 1 fully saturated rings. The summed E-state index contributed by atoms with van der Waals surface area (Å²) in [6, 6.07) is 5.52. The lowest BCUT2D eigenvalue weighted by molar-refractivity contribution is -0.122. The van der Waals surface area contributed by atoms with Crippen LogP contribution in [-0.2, 0) is 11.3 Å². The van der Waals surface area contributed by atoms with E-state index in [4.69, 9.17) is 4.42 Å². The number of nitrogens with one attached hydrogen (secondary N) is 1. The third-order valence-electron chi connectivity index (χ3n) is 3.71. The number of carbonyl (C=O) groups excluding carboxylic acids is 1. The molecule has 1 aliphatic rings. The predicted octanol–water partition coefficient (Wildman–Crippen LogP) is 1.56. The first-order chi connectivity index (χ1) is 10.5. The van der Waals surface area contributed by atoms with Crippen molar-refractivity contribution in [1.29, 1.82) is 0 Å². The standard InChI is InChI=1S/C15H16FN3O3/c1-9(10-2-3-10)17-13(20)8-19-15(21)22-14(18-19)11-4-6-12(16)7-5-11/h4-7,9-10H,2-3,8H2,1H3,(H,17,20). The number of nitrogens with zero attached hydrogens (tertiary/aromatic N) is 2. The maximum Gasteiger partial charge on any atom is 0.437 e. The van der Waals surface area contributed by atoms with Gasteiger partial charge in [-0.05, 0) is 49.9 Å². The number of halogens is 1. The zero-order valence-electron chi connectivity index (χ0n) is 12.1. The van der Waals surface area contributed by atoms with Gasteiger partial charge in [-0.3, -0.25) is 4.79 Å². The second kappa shape index (κ2) is 5.75. The molecule has 1 atom stereocenters. The first-order valence-electron chi connectivity index (χ1n) is 7.16. The van der Waals surface area contributed by atoms with E-state index in [-0.39, 0.29) is 30.2 Å². The van der Waals surface area contributed by atoms with E-state index < -0.39 is 5.76 Å². The van der Waals surface area contributed by atoms with Gasteiger partial charge in [-0.15, -0.1) is 5.10 Å². The van der Waals surface area contributed by atoms with Gasteiger partial charge in [0.1, 0.15) is 12.4 Å². The Morgan fingerprint density at radius 1 is 1.45 bits per heavy atom. The van der Waals surface area contributed by atoms with Crippen molar-refractivity contribution in [3.63, 3.8) is 0 Å². The van der Waals surface area contributed by atoms with E-state index in [0.29, 0.717) is 11.5 Å². The molecule has 1 heterocycles. The van der Waals surface area contributed by atoms with Crippen LogP contribution in [0.3, 0.4) is 0 Å². The first-order valence-corrected chi connectivity index (χ1v) is 7.16. The molecule has 7 heteroatoms. The van der Waals surface area contributed by atoms with Gasteiger partial charge < -0.3 is 9.73 Å². The van der Waals surface area contributed by atoms with Crippen molar-refractivity contribution in [2.75, 3.05) is 0 Å². The molecule has 0 aliphatic heterocycles. The largest absolute Gasteiger partial charge is 0.437 e. The van der Waals surface area contributed by atoms with E-state index >= 15 is 0 Å². The van der Waals surface area contributed by atoms with Crippen LogP contribution in [0.2, 0.25) is 0 Å². The van der Waals surface area contributed by atoms with Crippen molar-refractivity contribution in [3.05, 3.63) is 40.6 Å². The van der Waals surface area contributed by atoms with Crippen LogP contribution in [0.4, 0.5) is 4.39 Å². The van der Waals surface area contributed by atoms with E-state index in [1.807, 2.05) is 6.92 Å². The van der Waals surface area contributed by atoms with Gasteiger partial charge in [0.15, 0.2) is 0 Å². The van der Waals surface area contributed by atoms with Crippen LogP contribution in [0.1, 0.15) is 19.8 Å². The summed E-state index contributed by atoms with van der Waals surface area (Å²) < 4.78 is 18.8. The van der Waals surface area contributed by atoms with Gasteiger partial charge in [0, 0.05) is 11.6 Å². The smallest absolute Gasteiger partial charge is 0.388 e. The van der Waals surface area contributed by atoms with Crippen molar-refractivity contribution in [2.45, 2.75) is 32.4 Å². The Kier molecular flexibility index (Phi) is 3.79. The Hall–Kier alpha value is -2.44. The summed E-state index contributed by atoms with van der Waals surface area (Å²) in [7, 11) is 0. The van der Waals surface area contributed by atoms with Crippen LogP contribution in [0, 0.1) is 11.7 Å². The number of hydrogen-bond acceptors (Lipinski definition) is 4.